The zero-order valence-corrected chi connectivity index (χ0v) is 10.4. The standard InChI is InChI=1S/C12H20N2O4/c15-11(7-10-8-18-6-3-13-10)14-4-1-9(2-5-14)12(16)17/h9-10,13H,1-8H2,(H,16,17). The predicted octanol–water partition coefficient (Wildman–Crippen LogP) is -0.312. The zero-order valence-electron chi connectivity index (χ0n) is 10.4. The summed E-state index contributed by atoms with van der Waals surface area (Å²) in [5.74, 6) is -0.934. The van der Waals surface area contributed by atoms with Crippen LogP contribution in [0.25, 0.3) is 0 Å². The van der Waals surface area contributed by atoms with Crippen molar-refractivity contribution in [3.05, 3.63) is 0 Å². The second-order valence-corrected chi connectivity index (χ2v) is 4.92. The summed E-state index contributed by atoms with van der Waals surface area (Å²) in [6, 6.07) is 0.100. The number of nitrogens with zero attached hydrogens (tertiary/aromatic N) is 1. The molecule has 0 aliphatic carbocycles. The van der Waals surface area contributed by atoms with Gasteiger partial charge in [-0.25, -0.2) is 0 Å². The number of nitrogens with one attached hydrogen (secondary N) is 1. The minimum atomic E-state index is -0.746. The van der Waals surface area contributed by atoms with Gasteiger partial charge in [0.15, 0.2) is 0 Å². The third-order valence-electron chi connectivity index (χ3n) is 3.62. The van der Waals surface area contributed by atoms with E-state index in [1.165, 1.54) is 0 Å². The maximum atomic E-state index is 12.0. The minimum Gasteiger partial charge on any atom is -0.481 e. The average Bonchev–Trinajstić information content (AvgIpc) is 2.40. The van der Waals surface area contributed by atoms with E-state index in [0.29, 0.717) is 45.6 Å². The van der Waals surface area contributed by atoms with Crippen molar-refractivity contribution < 1.29 is 19.4 Å². The van der Waals surface area contributed by atoms with E-state index >= 15 is 0 Å². The Kier molecular flexibility index (Phi) is 4.54. The molecule has 0 aromatic heterocycles. The quantitative estimate of drug-likeness (QED) is 0.724. The molecule has 2 aliphatic heterocycles. The molecule has 18 heavy (non-hydrogen) atoms. The van der Waals surface area contributed by atoms with Crippen molar-refractivity contribution in [2.75, 3.05) is 32.8 Å². The molecule has 0 saturated carbocycles. The van der Waals surface area contributed by atoms with Gasteiger partial charge >= 0.3 is 5.97 Å². The number of piperidine rings is 1. The fourth-order valence-electron chi connectivity index (χ4n) is 2.47. The molecule has 1 amide bonds. The third kappa shape index (κ3) is 3.43. The van der Waals surface area contributed by atoms with Crippen LogP contribution in [0.5, 0.6) is 0 Å². The molecule has 1 atom stereocenters. The van der Waals surface area contributed by atoms with Gasteiger partial charge in [0, 0.05) is 32.1 Å². The minimum absolute atomic E-state index is 0.0989. The lowest BCUT2D eigenvalue weighted by Gasteiger charge is -2.32. The fourth-order valence-corrected chi connectivity index (χ4v) is 2.47. The number of morpholine rings is 1. The number of carboxylic acid groups (broad SMARTS) is 1. The van der Waals surface area contributed by atoms with Crippen molar-refractivity contribution in [3.8, 4) is 0 Å². The molecule has 102 valence electrons. The maximum Gasteiger partial charge on any atom is 0.306 e. The van der Waals surface area contributed by atoms with Gasteiger partial charge in [-0.05, 0) is 12.8 Å². The SMILES string of the molecule is O=C(O)C1CCN(C(=O)CC2COCCN2)CC1. The first-order valence-electron chi connectivity index (χ1n) is 6.48. The molecule has 0 spiro atoms. The van der Waals surface area contributed by atoms with Gasteiger partial charge in [-0.15, -0.1) is 0 Å². The van der Waals surface area contributed by atoms with Crippen molar-refractivity contribution in [2.45, 2.75) is 25.3 Å². The second-order valence-electron chi connectivity index (χ2n) is 4.92. The molecular formula is C12H20N2O4. The van der Waals surface area contributed by atoms with Crippen LogP contribution in [0.2, 0.25) is 0 Å². The van der Waals surface area contributed by atoms with Crippen molar-refractivity contribution >= 4 is 11.9 Å². The summed E-state index contributed by atoms with van der Waals surface area (Å²) in [4.78, 5) is 24.6. The van der Waals surface area contributed by atoms with Crippen LogP contribution in [0, 0.1) is 5.92 Å². The van der Waals surface area contributed by atoms with E-state index in [1.54, 1.807) is 4.90 Å². The van der Waals surface area contributed by atoms with Crippen LogP contribution in [-0.4, -0.2) is 60.8 Å². The van der Waals surface area contributed by atoms with Crippen LogP contribution in [-0.2, 0) is 14.3 Å². The van der Waals surface area contributed by atoms with Crippen LogP contribution in [0.3, 0.4) is 0 Å². The molecule has 2 heterocycles. The number of amides is 1. The Balaban J connectivity index is 1.75. The summed E-state index contributed by atoms with van der Waals surface area (Å²) in [5.41, 5.74) is 0. The Morgan fingerprint density at radius 2 is 2.06 bits per heavy atom. The Labute approximate surface area is 106 Å². The number of likely N-dealkylation sites (tertiary alicyclic amines) is 1. The van der Waals surface area contributed by atoms with Gasteiger partial charge < -0.3 is 20.1 Å². The molecule has 2 rings (SSSR count). The summed E-state index contributed by atoms with van der Waals surface area (Å²) in [6.45, 7) is 3.19. The molecule has 2 N–H and O–H groups in total. The van der Waals surface area contributed by atoms with E-state index in [9.17, 15) is 9.59 Å². The molecule has 6 nitrogen and oxygen atoms in total. The fraction of sp³-hybridized carbons (Fsp3) is 0.833. The number of hydrogen-bond acceptors (Lipinski definition) is 4. The van der Waals surface area contributed by atoms with Crippen LogP contribution in [0.1, 0.15) is 19.3 Å². The molecule has 2 saturated heterocycles. The summed E-state index contributed by atoms with van der Waals surface area (Å²) in [7, 11) is 0. The van der Waals surface area contributed by atoms with Gasteiger partial charge in [0.1, 0.15) is 0 Å². The largest absolute Gasteiger partial charge is 0.481 e. The molecule has 6 heteroatoms. The van der Waals surface area contributed by atoms with Gasteiger partial charge in [0.05, 0.1) is 19.1 Å². The van der Waals surface area contributed by atoms with Crippen molar-refractivity contribution in [2.24, 2.45) is 5.92 Å². The maximum absolute atomic E-state index is 12.0. The van der Waals surface area contributed by atoms with Crippen molar-refractivity contribution in [1.82, 2.24) is 10.2 Å². The van der Waals surface area contributed by atoms with E-state index in [4.69, 9.17) is 9.84 Å². The second kappa shape index (κ2) is 6.15. The molecule has 0 aromatic carbocycles. The highest BCUT2D eigenvalue weighted by Gasteiger charge is 2.28. The number of hydrogen-bond donors (Lipinski definition) is 2. The summed E-state index contributed by atoms with van der Waals surface area (Å²) >= 11 is 0. The monoisotopic (exact) mass is 256 g/mol. The molecule has 0 radical (unpaired) electrons. The van der Waals surface area contributed by atoms with Gasteiger partial charge in [-0.2, -0.15) is 0 Å². The Bertz CT molecular complexity index is 307. The highest BCUT2D eigenvalue weighted by atomic mass is 16.5. The lowest BCUT2D eigenvalue weighted by Crippen LogP contribution is -2.47. The van der Waals surface area contributed by atoms with E-state index in [2.05, 4.69) is 5.32 Å². The van der Waals surface area contributed by atoms with E-state index in [-0.39, 0.29) is 17.9 Å². The molecule has 2 fully saturated rings. The normalized spacial score (nSPS) is 26.0. The number of carbonyl (C=O) groups is 2. The van der Waals surface area contributed by atoms with Crippen LogP contribution >= 0.6 is 0 Å². The lowest BCUT2D eigenvalue weighted by atomic mass is 9.96. The van der Waals surface area contributed by atoms with E-state index in [1.807, 2.05) is 0 Å². The van der Waals surface area contributed by atoms with Crippen molar-refractivity contribution in [1.29, 1.82) is 0 Å². The first-order chi connectivity index (χ1) is 8.66. The summed E-state index contributed by atoms with van der Waals surface area (Å²) in [5, 5.41) is 12.1. The number of ether oxygens (including phenoxy) is 1. The van der Waals surface area contributed by atoms with Gasteiger partial charge in [0.25, 0.3) is 0 Å². The van der Waals surface area contributed by atoms with Crippen LogP contribution in [0.4, 0.5) is 0 Å². The molecule has 0 aromatic rings. The summed E-state index contributed by atoms with van der Waals surface area (Å²) < 4.78 is 5.31. The number of rotatable bonds is 3. The first kappa shape index (κ1) is 13.3. The van der Waals surface area contributed by atoms with Crippen molar-refractivity contribution in [3.63, 3.8) is 0 Å². The Morgan fingerprint density at radius 1 is 1.33 bits per heavy atom. The highest BCUT2D eigenvalue weighted by molar-refractivity contribution is 5.77. The molecule has 1 unspecified atom stereocenters. The van der Waals surface area contributed by atoms with Gasteiger partial charge in [0.2, 0.25) is 5.91 Å². The molecule has 2 aliphatic rings. The van der Waals surface area contributed by atoms with Crippen LogP contribution < -0.4 is 5.32 Å². The number of carbonyl (C=O) groups excluding carboxylic acids is 1. The topological polar surface area (TPSA) is 78.9 Å². The number of carboxylic acids is 1. The number of aliphatic carboxylic acids is 1. The highest BCUT2D eigenvalue weighted by Crippen LogP contribution is 2.18. The first-order valence-corrected chi connectivity index (χ1v) is 6.48. The van der Waals surface area contributed by atoms with Gasteiger partial charge in [-0.3, -0.25) is 9.59 Å². The smallest absolute Gasteiger partial charge is 0.306 e. The van der Waals surface area contributed by atoms with Gasteiger partial charge in [-0.1, -0.05) is 0 Å². The Morgan fingerprint density at radius 3 is 2.61 bits per heavy atom. The third-order valence-corrected chi connectivity index (χ3v) is 3.62. The van der Waals surface area contributed by atoms with E-state index in [0.717, 1.165) is 6.54 Å². The summed E-state index contributed by atoms with van der Waals surface area (Å²) in [6.07, 6.45) is 1.57. The van der Waals surface area contributed by atoms with E-state index < -0.39 is 5.97 Å². The Hall–Kier alpha value is -1.14. The predicted molar refractivity (Wildman–Crippen MR) is 64.2 cm³/mol. The molecule has 0 bridgehead atoms. The molecular weight excluding hydrogens is 236 g/mol. The lowest BCUT2D eigenvalue weighted by molar-refractivity contribution is -0.146. The zero-order chi connectivity index (χ0) is 13.0. The average molecular weight is 256 g/mol. The van der Waals surface area contributed by atoms with Crippen LogP contribution in [0.15, 0.2) is 0 Å².